The first kappa shape index (κ1) is 16.3. The number of thiazole rings is 1. The second kappa shape index (κ2) is 7.28. The summed E-state index contributed by atoms with van der Waals surface area (Å²) in [6.45, 7) is -1.26. The average molecular weight is 329 g/mol. The SMILES string of the molecule is Cc1nc(-c2ccc(OC(F)F)cc2)sc1COCC(=O)O. The van der Waals surface area contributed by atoms with Crippen molar-refractivity contribution < 1.29 is 28.2 Å². The molecule has 0 aliphatic rings. The highest BCUT2D eigenvalue weighted by Gasteiger charge is 2.11. The molecule has 5 nitrogen and oxygen atoms in total. The molecule has 0 spiro atoms. The number of aliphatic carboxylic acids is 1. The summed E-state index contributed by atoms with van der Waals surface area (Å²) in [4.78, 5) is 15.6. The van der Waals surface area contributed by atoms with Gasteiger partial charge >= 0.3 is 12.6 Å². The summed E-state index contributed by atoms with van der Waals surface area (Å²) >= 11 is 1.37. The Morgan fingerprint density at radius 1 is 1.36 bits per heavy atom. The van der Waals surface area contributed by atoms with Gasteiger partial charge in [-0.3, -0.25) is 0 Å². The molecule has 0 atom stereocenters. The van der Waals surface area contributed by atoms with Gasteiger partial charge in [0.05, 0.1) is 17.2 Å². The fraction of sp³-hybridized carbons (Fsp3) is 0.286. The molecule has 0 aliphatic carbocycles. The summed E-state index contributed by atoms with van der Waals surface area (Å²) in [5.74, 6) is -0.950. The summed E-state index contributed by atoms with van der Waals surface area (Å²) in [5, 5.41) is 9.23. The van der Waals surface area contributed by atoms with E-state index >= 15 is 0 Å². The zero-order valence-electron chi connectivity index (χ0n) is 11.6. The van der Waals surface area contributed by atoms with E-state index in [0.717, 1.165) is 16.1 Å². The van der Waals surface area contributed by atoms with Crippen LogP contribution in [0.25, 0.3) is 10.6 Å². The molecule has 0 fully saturated rings. The lowest BCUT2D eigenvalue weighted by Crippen LogP contribution is -2.06. The molecule has 2 aromatic rings. The Morgan fingerprint density at radius 2 is 2.05 bits per heavy atom. The van der Waals surface area contributed by atoms with Crippen molar-refractivity contribution in [2.45, 2.75) is 20.1 Å². The Kier molecular flexibility index (Phi) is 5.40. The minimum Gasteiger partial charge on any atom is -0.480 e. The summed E-state index contributed by atoms with van der Waals surface area (Å²) in [5.41, 5.74) is 1.51. The molecule has 0 bridgehead atoms. The number of aryl methyl sites for hydroxylation is 1. The van der Waals surface area contributed by atoms with Gasteiger partial charge < -0.3 is 14.6 Å². The summed E-state index contributed by atoms with van der Waals surface area (Å²) in [6, 6.07) is 6.16. The van der Waals surface area contributed by atoms with Crippen LogP contribution >= 0.6 is 11.3 Å². The Labute approximate surface area is 129 Å². The van der Waals surface area contributed by atoms with E-state index in [1.165, 1.54) is 23.5 Å². The molecule has 1 aromatic carbocycles. The molecular weight excluding hydrogens is 316 g/mol. The molecule has 118 valence electrons. The van der Waals surface area contributed by atoms with E-state index in [9.17, 15) is 13.6 Å². The second-order valence-corrected chi connectivity index (χ2v) is 5.40. The van der Waals surface area contributed by atoms with Crippen LogP contribution in [-0.4, -0.2) is 29.3 Å². The second-order valence-electron chi connectivity index (χ2n) is 4.32. The lowest BCUT2D eigenvalue weighted by Gasteiger charge is -2.04. The summed E-state index contributed by atoms with van der Waals surface area (Å²) in [6.07, 6.45) is 0. The highest BCUT2D eigenvalue weighted by Crippen LogP contribution is 2.29. The lowest BCUT2D eigenvalue weighted by atomic mass is 10.2. The molecule has 0 unspecified atom stereocenters. The maximum Gasteiger partial charge on any atom is 0.387 e. The van der Waals surface area contributed by atoms with Gasteiger partial charge in [-0.1, -0.05) is 0 Å². The zero-order valence-corrected chi connectivity index (χ0v) is 12.4. The van der Waals surface area contributed by atoms with Crippen molar-refractivity contribution in [3.8, 4) is 16.3 Å². The minimum absolute atomic E-state index is 0.0806. The number of nitrogens with zero attached hydrogens (tertiary/aromatic N) is 1. The standard InChI is InChI=1S/C14H13F2NO4S/c1-8-11(6-20-7-12(18)19)22-13(17-8)9-2-4-10(5-3-9)21-14(15)16/h2-5,14H,6-7H2,1H3,(H,18,19). The van der Waals surface area contributed by atoms with Gasteiger partial charge in [0, 0.05) is 5.56 Å². The van der Waals surface area contributed by atoms with Crippen LogP contribution in [0.15, 0.2) is 24.3 Å². The number of benzene rings is 1. The van der Waals surface area contributed by atoms with Gasteiger partial charge in [0.15, 0.2) is 0 Å². The Bertz CT molecular complexity index is 643. The Balaban J connectivity index is 2.07. The maximum absolute atomic E-state index is 12.1. The molecule has 2 rings (SSSR count). The Hall–Kier alpha value is -2.06. The fourth-order valence-corrected chi connectivity index (χ4v) is 2.70. The van der Waals surface area contributed by atoms with Crippen LogP contribution in [0.4, 0.5) is 8.78 Å². The van der Waals surface area contributed by atoms with E-state index in [1.807, 2.05) is 0 Å². The van der Waals surface area contributed by atoms with Gasteiger partial charge in [0.1, 0.15) is 17.4 Å². The van der Waals surface area contributed by atoms with E-state index in [4.69, 9.17) is 9.84 Å². The molecule has 22 heavy (non-hydrogen) atoms. The lowest BCUT2D eigenvalue weighted by molar-refractivity contribution is -0.142. The van der Waals surface area contributed by atoms with Crippen molar-refractivity contribution in [1.29, 1.82) is 0 Å². The van der Waals surface area contributed by atoms with E-state index < -0.39 is 12.6 Å². The molecule has 8 heteroatoms. The first-order chi connectivity index (χ1) is 10.5. The summed E-state index contributed by atoms with van der Waals surface area (Å²) in [7, 11) is 0. The van der Waals surface area contributed by atoms with Gasteiger partial charge in [0.2, 0.25) is 0 Å². The van der Waals surface area contributed by atoms with E-state index in [0.29, 0.717) is 5.01 Å². The van der Waals surface area contributed by atoms with Crippen molar-refractivity contribution in [3.05, 3.63) is 34.8 Å². The van der Waals surface area contributed by atoms with Gasteiger partial charge in [0.25, 0.3) is 0 Å². The van der Waals surface area contributed by atoms with E-state index in [-0.39, 0.29) is 19.0 Å². The summed E-state index contributed by atoms with van der Waals surface area (Å²) < 4.78 is 33.5. The van der Waals surface area contributed by atoms with Crippen molar-refractivity contribution in [1.82, 2.24) is 4.98 Å². The number of aromatic nitrogens is 1. The third kappa shape index (κ3) is 4.47. The van der Waals surface area contributed by atoms with Crippen LogP contribution in [-0.2, 0) is 16.1 Å². The Morgan fingerprint density at radius 3 is 2.64 bits per heavy atom. The average Bonchev–Trinajstić information content (AvgIpc) is 2.80. The third-order valence-electron chi connectivity index (χ3n) is 2.68. The number of ether oxygens (including phenoxy) is 2. The van der Waals surface area contributed by atoms with Crippen LogP contribution in [0.1, 0.15) is 10.6 Å². The molecule has 0 amide bonds. The minimum atomic E-state index is -2.86. The number of hydrogen-bond donors (Lipinski definition) is 1. The molecule has 1 heterocycles. The van der Waals surface area contributed by atoms with Gasteiger partial charge in [-0.15, -0.1) is 11.3 Å². The number of hydrogen-bond acceptors (Lipinski definition) is 5. The predicted molar refractivity (Wildman–Crippen MR) is 76.2 cm³/mol. The topological polar surface area (TPSA) is 68.7 Å². The smallest absolute Gasteiger partial charge is 0.387 e. The normalized spacial score (nSPS) is 10.9. The van der Waals surface area contributed by atoms with Crippen LogP contribution < -0.4 is 4.74 Å². The third-order valence-corrected chi connectivity index (χ3v) is 3.86. The number of carboxylic acid groups (broad SMARTS) is 1. The van der Waals surface area contributed by atoms with Crippen molar-refractivity contribution in [2.75, 3.05) is 6.61 Å². The molecule has 0 radical (unpaired) electrons. The van der Waals surface area contributed by atoms with Crippen LogP contribution in [0.5, 0.6) is 5.75 Å². The van der Waals surface area contributed by atoms with Crippen LogP contribution in [0.2, 0.25) is 0 Å². The quantitative estimate of drug-likeness (QED) is 0.844. The molecule has 0 saturated carbocycles. The van der Waals surface area contributed by atoms with Gasteiger partial charge in [-0.25, -0.2) is 9.78 Å². The number of carboxylic acids is 1. The van der Waals surface area contributed by atoms with E-state index in [2.05, 4.69) is 9.72 Å². The fourth-order valence-electron chi connectivity index (χ4n) is 1.70. The highest BCUT2D eigenvalue weighted by molar-refractivity contribution is 7.15. The number of alkyl halides is 2. The van der Waals surface area contributed by atoms with Crippen molar-refractivity contribution in [3.63, 3.8) is 0 Å². The van der Waals surface area contributed by atoms with Crippen LogP contribution in [0.3, 0.4) is 0 Å². The van der Waals surface area contributed by atoms with Crippen molar-refractivity contribution in [2.24, 2.45) is 0 Å². The number of carbonyl (C=O) groups is 1. The first-order valence-corrected chi connectivity index (χ1v) is 7.08. The predicted octanol–water partition coefficient (Wildman–Crippen LogP) is 3.32. The zero-order chi connectivity index (χ0) is 16.1. The maximum atomic E-state index is 12.1. The van der Waals surface area contributed by atoms with Gasteiger partial charge in [-0.05, 0) is 31.2 Å². The number of rotatable bonds is 7. The molecule has 0 aliphatic heterocycles. The van der Waals surface area contributed by atoms with Crippen LogP contribution in [0, 0.1) is 6.92 Å². The van der Waals surface area contributed by atoms with Gasteiger partial charge in [-0.2, -0.15) is 8.78 Å². The largest absolute Gasteiger partial charge is 0.480 e. The monoisotopic (exact) mass is 329 g/mol. The molecular formula is C14H13F2NO4S. The van der Waals surface area contributed by atoms with Crippen molar-refractivity contribution >= 4 is 17.3 Å². The highest BCUT2D eigenvalue weighted by atomic mass is 32.1. The molecule has 0 saturated heterocycles. The first-order valence-electron chi connectivity index (χ1n) is 6.27. The number of halogens is 2. The van der Waals surface area contributed by atoms with E-state index in [1.54, 1.807) is 19.1 Å². The molecule has 1 aromatic heterocycles. The molecule has 1 N–H and O–H groups in total.